The van der Waals surface area contributed by atoms with Crippen LogP contribution in [0.3, 0.4) is 0 Å². The highest BCUT2D eigenvalue weighted by Gasteiger charge is 2.33. The van der Waals surface area contributed by atoms with Gasteiger partial charge in [-0.15, -0.1) is 0 Å². The van der Waals surface area contributed by atoms with Gasteiger partial charge in [-0.05, 0) is 11.1 Å². The Morgan fingerprint density at radius 2 is 2.06 bits per heavy atom. The van der Waals surface area contributed by atoms with Crippen LogP contribution in [0.25, 0.3) is 0 Å². The Kier molecular flexibility index (Phi) is 3.14. The zero-order valence-corrected chi connectivity index (χ0v) is 9.77. The predicted molar refractivity (Wildman–Crippen MR) is 59.8 cm³/mol. The van der Waals surface area contributed by atoms with Gasteiger partial charge < -0.3 is 5.11 Å². The van der Waals surface area contributed by atoms with Gasteiger partial charge in [0.15, 0.2) is 0 Å². The maximum atomic E-state index is 11.5. The van der Waals surface area contributed by atoms with Crippen LogP contribution >= 0.6 is 0 Å². The van der Waals surface area contributed by atoms with Crippen molar-refractivity contribution in [2.75, 3.05) is 6.54 Å². The van der Waals surface area contributed by atoms with Gasteiger partial charge in [0.05, 0.1) is 13.2 Å². The summed E-state index contributed by atoms with van der Waals surface area (Å²) in [5, 5.41) is 8.97. The molecule has 0 bridgehead atoms. The molecule has 1 aliphatic rings. The second kappa shape index (κ2) is 4.44. The van der Waals surface area contributed by atoms with E-state index in [4.69, 9.17) is 5.11 Å². The van der Waals surface area contributed by atoms with Gasteiger partial charge in [0.25, 0.3) is 0 Å². The fourth-order valence-electron chi connectivity index (χ4n) is 1.66. The van der Waals surface area contributed by atoms with Gasteiger partial charge in [-0.2, -0.15) is 12.7 Å². The van der Waals surface area contributed by atoms with Gasteiger partial charge in [-0.3, -0.25) is 4.79 Å². The maximum Gasteiger partial charge on any atom is 0.304 e. The molecule has 17 heavy (non-hydrogen) atoms. The predicted octanol–water partition coefficient (Wildman–Crippen LogP) is -0.644. The van der Waals surface area contributed by atoms with Crippen molar-refractivity contribution in [3.05, 3.63) is 35.4 Å². The van der Waals surface area contributed by atoms with E-state index < -0.39 is 16.1 Å². The molecule has 7 heteroatoms. The number of hydrogen-bond acceptors (Lipinski definition) is 4. The van der Waals surface area contributed by atoms with E-state index in [1.807, 2.05) is 4.72 Å². The molecule has 92 valence electrons. The van der Waals surface area contributed by atoms with E-state index in [1.54, 1.807) is 24.3 Å². The largest absolute Gasteiger partial charge is 0.392 e. The van der Waals surface area contributed by atoms with E-state index in [2.05, 4.69) is 0 Å². The molecule has 1 amide bonds. The highest BCUT2D eigenvalue weighted by molar-refractivity contribution is 7.88. The Morgan fingerprint density at radius 1 is 1.35 bits per heavy atom. The Morgan fingerprint density at radius 3 is 2.65 bits per heavy atom. The molecule has 1 heterocycles. The summed E-state index contributed by atoms with van der Waals surface area (Å²) in [7, 11) is -3.68. The fraction of sp³-hybridized carbons (Fsp3) is 0.300. The number of hydrogen-bond donors (Lipinski definition) is 2. The molecule has 1 aliphatic heterocycles. The second-order valence-electron chi connectivity index (χ2n) is 3.78. The van der Waals surface area contributed by atoms with Crippen LogP contribution in [0, 0.1) is 0 Å². The number of carbonyl (C=O) groups is 1. The van der Waals surface area contributed by atoms with E-state index in [1.165, 1.54) is 0 Å². The standard InChI is InChI=1S/C10H12N2O4S/c13-7-9-3-1-2-8(4-9)5-12-6-10(14)11-17(12,15)16/h1-4,13H,5-7H2,(H,11,14). The van der Waals surface area contributed by atoms with Crippen LogP contribution in [0.5, 0.6) is 0 Å². The molecule has 0 aliphatic carbocycles. The topological polar surface area (TPSA) is 86.7 Å². The zero-order chi connectivity index (χ0) is 12.5. The minimum absolute atomic E-state index is 0.0994. The molecule has 1 aromatic carbocycles. The molecule has 0 unspecified atom stereocenters. The van der Waals surface area contributed by atoms with Crippen LogP contribution < -0.4 is 4.72 Å². The van der Waals surface area contributed by atoms with Crippen LogP contribution in [0.15, 0.2) is 24.3 Å². The van der Waals surface area contributed by atoms with Crippen molar-refractivity contribution in [2.45, 2.75) is 13.2 Å². The minimum Gasteiger partial charge on any atom is -0.392 e. The summed E-state index contributed by atoms with van der Waals surface area (Å²) < 4.78 is 25.9. The smallest absolute Gasteiger partial charge is 0.304 e. The van der Waals surface area contributed by atoms with Crippen molar-refractivity contribution in [1.82, 2.24) is 9.03 Å². The van der Waals surface area contributed by atoms with E-state index in [9.17, 15) is 13.2 Å². The van der Waals surface area contributed by atoms with Gasteiger partial charge in [0, 0.05) is 6.54 Å². The summed E-state index contributed by atoms with van der Waals surface area (Å²) in [6.07, 6.45) is 0. The lowest BCUT2D eigenvalue weighted by atomic mass is 10.1. The molecule has 6 nitrogen and oxygen atoms in total. The molecule has 0 atom stereocenters. The summed E-state index contributed by atoms with van der Waals surface area (Å²) in [4.78, 5) is 11.0. The lowest BCUT2D eigenvalue weighted by molar-refractivity contribution is -0.118. The zero-order valence-electron chi connectivity index (χ0n) is 8.96. The first kappa shape index (κ1) is 12.0. The molecule has 0 aromatic heterocycles. The number of aliphatic hydroxyl groups excluding tert-OH is 1. The number of benzene rings is 1. The van der Waals surface area contributed by atoms with Crippen molar-refractivity contribution in [2.24, 2.45) is 0 Å². The number of nitrogens with one attached hydrogen (secondary N) is 1. The molecule has 1 saturated heterocycles. The monoisotopic (exact) mass is 256 g/mol. The number of carbonyl (C=O) groups excluding carboxylic acids is 1. The molecule has 0 spiro atoms. The van der Waals surface area contributed by atoms with E-state index >= 15 is 0 Å². The molecule has 2 N–H and O–H groups in total. The van der Waals surface area contributed by atoms with Crippen molar-refractivity contribution in [3.8, 4) is 0 Å². The van der Waals surface area contributed by atoms with Crippen molar-refractivity contribution in [1.29, 1.82) is 0 Å². The van der Waals surface area contributed by atoms with E-state index in [0.29, 0.717) is 5.56 Å². The van der Waals surface area contributed by atoms with Crippen LogP contribution in [-0.4, -0.2) is 30.3 Å². The third-order valence-corrected chi connectivity index (χ3v) is 3.86. The molecule has 0 radical (unpaired) electrons. The second-order valence-corrected chi connectivity index (χ2v) is 5.45. The van der Waals surface area contributed by atoms with Crippen LogP contribution in [0.1, 0.15) is 11.1 Å². The highest BCUT2D eigenvalue weighted by Crippen LogP contribution is 2.13. The Bertz CT molecular complexity index is 541. The molecular formula is C10H12N2O4S. The van der Waals surface area contributed by atoms with Gasteiger partial charge >= 0.3 is 10.2 Å². The number of amides is 1. The lowest BCUT2D eigenvalue weighted by Crippen LogP contribution is -2.29. The quantitative estimate of drug-likeness (QED) is 0.753. The first-order valence-electron chi connectivity index (χ1n) is 5.00. The third kappa shape index (κ3) is 2.63. The van der Waals surface area contributed by atoms with Gasteiger partial charge in [0.2, 0.25) is 5.91 Å². The molecule has 1 aromatic rings. The van der Waals surface area contributed by atoms with E-state index in [0.717, 1.165) is 9.87 Å². The van der Waals surface area contributed by atoms with Crippen LogP contribution in [-0.2, 0) is 28.2 Å². The number of nitrogens with zero attached hydrogens (tertiary/aromatic N) is 1. The van der Waals surface area contributed by atoms with Crippen molar-refractivity contribution < 1.29 is 18.3 Å². The number of rotatable bonds is 3. The Balaban J connectivity index is 2.18. The summed E-state index contributed by atoms with van der Waals surface area (Å²) >= 11 is 0. The van der Waals surface area contributed by atoms with Crippen molar-refractivity contribution in [3.63, 3.8) is 0 Å². The first-order chi connectivity index (χ1) is 8.01. The maximum absolute atomic E-state index is 11.5. The fourth-order valence-corrected chi connectivity index (χ4v) is 2.74. The average Bonchev–Trinajstić information content (AvgIpc) is 2.52. The van der Waals surface area contributed by atoms with Crippen LogP contribution in [0.4, 0.5) is 0 Å². The average molecular weight is 256 g/mol. The molecule has 1 fully saturated rings. The molecular weight excluding hydrogens is 244 g/mol. The normalized spacial score (nSPS) is 19.2. The first-order valence-corrected chi connectivity index (χ1v) is 6.44. The summed E-state index contributed by atoms with van der Waals surface area (Å²) in [5.41, 5.74) is 1.44. The minimum atomic E-state index is -3.68. The third-order valence-electron chi connectivity index (χ3n) is 2.44. The Labute approximate surface area is 99.0 Å². The van der Waals surface area contributed by atoms with Gasteiger partial charge in [-0.25, -0.2) is 4.72 Å². The SMILES string of the molecule is O=C1CN(Cc2cccc(CO)c2)S(=O)(=O)N1. The van der Waals surface area contributed by atoms with Gasteiger partial charge in [-0.1, -0.05) is 24.3 Å². The summed E-state index contributed by atoms with van der Waals surface area (Å²) in [5.74, 6) is -0.525. The molecule has 0 saturated carbocycles. The highest BCUT2D eigenvalue weighted by atomic mass is 32.2. The Hall–Kier alpha value is -1.44. The van der Waals surface area contributed by atoms with E-state index in [-0.39, 0.29) is 19.7 Å². The van der Waals surface area contributed by atoms with Crippen molar-refractivity contribution >= 4 is 16.1 Å². The summed E-state index contributed by atoms with van der Waals surface area (Å²) in [6.45, 7) is -0.141. The summed E-state index contributed by atoms with van der Waals surface area (Å²) in [6, 6.07) is 6.93. The lowest BCUT2D eigenvalue weighted by Gasteiger charge is -2.12. The number of aliphatic hydroxyl groups is 1. The van der Waals surface area contributed by atoms with Crippen LogP contribution in [0.2, 0.25) is 0 Å². The molecule has 2 rings (SSSR count). The van der Waals surface area contributed by atoms with Gasteiger partial charge in [0.1, 0.15) is 0 Å².